The maximum absolute atomic E-state index is 12.1. The summed E-state index contributed by atoms with van der Waals surface area (Å²) in [5, 5.41) is 1.85. The first-order chi connectivity index (χ1) is 12.4. The smallest absolute Gasteiger partial charge is 0.493 e. The highest BCUT2D eigenvalue weighted by molar-refractivity contribution is 6.32. The predicted molar refractivity (Wildman–Crippen MR) is 99.2 cm³/mol. The molecule has 1 aliphatic heterocycles. The van der Waals surface area contributed by atoms with Crippen molar-refractivity contribution in [2.24, 2.45) is 0 Å². The maximum atomic E-state index is 12.1. The van der Waals surface area contributed by atoms with Crippen molar-refractivity contribution in [1.29, 1.82) is 0 Å². The highest BCUT2D eigenvalue weighted by atomic mass is 35.5. The van der Waals surface area contributed by atoms with Gasteiger partial charge in [0.25, 0.3) is 0 Å². The number of rotatable bonds is 5. The Hall–Kier alpha value is -2.66. The Morgan fingerprint density at radius 2 is 1.88 bits per heavy atom. The Kier molecular flexibility index (Phi) is 5.09. The third kappa shape index (κ3) is 3.48. The molecule has 1 heterocycles. The van der Waals surface area contributed by atoms with Crippen molar-refractivity contribution in [2.45, 2.75) is 20.3 Å². The van der Waals surface area contributed by atoms with E-state index in [1.807, 2.05) is 26.0 Å². The number of fused-ring (bicyclic) bond motifs is 1. The van der Waals surface area contributed by atoms with Gasteiger partial charge >= 0.3 is 12.1 Å². The summed E-state index contributed by atoms with van der Waals surface area (Å²) >= 11 is 6.16. The lowest BCUT2D eigenvalue weighted by Gasteiger charge is -2.11. The summed E-state index contributed by atoms with van der Waals surface area (Å²) in [5.74, 6) is 0.0918. The molecule has 26 heavy (non-hydrogen) atoms. The molecule has 0 unspecified atom stereocenters. The molecule has 2 aromatic carbocycles. The summed E-state index contributed by atoms with van der Waals surface area (Å²) in [6.45, 7) is 8.53. The molecule has 0 saturated heterocycles. The van der Waals surface area contributed by atoms with Crippen LogP contribution in [0.25, 0.3) is 6.58 Å². The largest absolute Gasteiger partial charge is 0.605 e. The van der Waals surface area contributed by atoms with Crippen LogP contribution < -0.4 is 19.9 Å². The van der Waals surface area contributed by atoms with E-state index in [2.05, 4.69) is 6.58 Å². The predicted octanol–water partition coefficient (Wildman–Crippen LogP) is 2.62. The Bertz CT molecular complexity index is 990. The Morgan fingerprint density at radius 3 is 2.58 bits per heavy atom. The van der Waals surface area contributed by atoms with Gasteiger partial charge in [-0.25, -0.2) is 4.79 Å². The average Bonchev–Trinajstić information content (AvgIpc) is 2.59. The maximum Gasteiger partial charge on any atom is 0.605 e. The van der Waals surface area contributed by atoms with E-state index in [1.54, 1.807) is 18.2 Å². The second-order valence-electron chi connectivity index (χ2n) is 6.19. The SMILES string of the molecule is C=c1cccc2c1=[N+](CCCOc1cc(C)c(Cl)c(C)c1)C(=O)OC2=O. The molecule has 2 aromatic rings. The molecule has 6 heteroatoms. The minimum atomic E-state index is -0.684. The fourth-order valence-corrected chi connectivity index (χ4v) is 3.07. The van der Waals surface area contributed by atoms with Gasteiger partial charge in [0.05, 0.1) is 6.61 Å². The molecule has 0 bridgehead atoms. The topological polar surface area (TPSA) is 55.6 Å². The first kappa shape index (κ1) is 18.1. The van der Waals surface area contributed by atoms with Gasteiger partial charge in [0.15, 0.2) is 6.54 Å². The lowest BCUT2D eigenvalue weighted by Crippen LogP contribution is -2.51. The lowest BCUT2D eigenvalue weighted by molar-refractivity contribution is 0.0586. The minimum absolute atomic E-state index is 0.349. The number of nitrogens with zero attached hydrogens (tertiary/aromatic N) is 1. The molecular weight excluding hydrogens is 354 g/mol. The number of amides is 1. The third-order valence-corrected chi connectivity index (χ3v) is 4.81. The Labute approximate surface area is 156 Å². The molecule has 0 radical (unpaired) electrons. The fourth-order valence-electron chi connectivity index (χ4n) is 2.96. The number of aryl methyl sites for hydroxylation is 2. The summed E-state index contributed by atoms with van der Waals surface area (Å²) in [6, 6.07) is 8.86. The van der Waals surface area contributed by atoms with Crippen LogP contribution in [0.4, 0.5) is 4.79 Å². The van der Waals surface area contributed by atoms with Crippen molar-refractivity contribution in [2.75, 3.05) is 13.2 Å². The van der Waals surface area contributed by atoms with Gasteiger partial charge in [-0.3, -0.25) is 0 Å². The second-order valence-corrected chi connectivity index (χ2v) is 6.57. The van der Waals surface area contributed by atoms with Crippen LogP contribution in [0.3, 0.4) is 0 Å². The van der Waals surface area contributed by atoms with Crippen LogP contribution >= 0.6 is 11.6 Å². The number of ether oxygens (including phenoxy) is 2. The number of carbonyl (C=O) groups excluding carboxylic acids is 2. The molecule has 5 nitrogen and oxygen atoms in total. The van der Waals surface area contributed by atoms with Crippen molar-refractivity contribution < 1.29 is 19.1 Å². The lowest BCUT2D eigenvalue weighted by atomic mass is 10.1. The van der Waals surface area contributed by atoms with Crippen molar-refractivity contribution in [3.8, 4) is 5.75 Å². The summed E-state index contributed by atoms with van der Waals surface area (Å²) < 4.78 is 12.0. The van der Waals surface area contributed by atoms with Crippen LogP contribution in [0.1, 0.15) is 27.9 Å². The van der Waals surface area contributed by atoms with Gasteiger partial charge in [0, 0.05) is 16.7 Å². The van der Waals surface area contributed by atoms with Gasteiger partial charge in [-0.15, -0.1) is 4.58 Å². The normalized spacial score (nSPS) is 13.4. The Morgan fingerprint density at radius 1 is 1.19 bits per heavy atom. The number of para-hydroxylation sites is 1. The molecule has 3 rings (SSSR count). The van der Waals surface area contributed by atoms with Crippen molar-refractivity contribution >= 4 is 30.2 Å². The van der Waals surface area contributed by atoms with E-state index in [9.17, 15) is 9.59 Å². The number of hydrogen-bond donors (Lipinski definition) is 0. The average molecular weight is 373 g/mol. The van der Waals surface area contributed by atoms with Gasteiger partial charge in [-0.05, 0) is 49.2 Å². The van der Waals surface area contributed by atoms with E-state index in [0.717, 1.165) is 21.9 Å². The number of benzene rings is 2. The molecule has 0 atom stereocenters. The van der Waals surface area contributed by atoms with Gasteiger partial charge in [0.1, 0.15) is 11.3 Å². The molecule has 0 aliphatic carbocycles. The molecule has 134 valence electrons. The first-order valence-corrected chi connectivity index (χ1v) is 8.64. The molecular formula is C20H19ClNO4+. The summed E-state index contributed by atoms with van der Waals surface area (Å²) in [4.78, 5) is 24.0. The van der Waals surface area contributed by atoms with E-state index < -0.39 is 12.1 Å². The molecule has 0 spiro atoms. The number of hydrogen-bond acceptors (Lipinski definition) is 4. The summed E-state index contributed by atoms with van der Waals surface area (Å²) in [7, 11) is 0. The second kappa shape index (κ2) is 7.30. The highest BCUT2D eigenvalue weighted by Crippen LogP contribution is 2.25. The van der Waals surface area contributed by atoms with Crippen LogP contribution in [-0.4, -0.2) is 25.2 Å². The number of carbonyl (C=O) groups is 2. The quantitative estimate of drug-likeness (QED) is 0.350. The highest BCUT2D eigenvalue weighted by Gasteiger charge is 2.33. The van der Waals surface area contributed by atoms with E-state index in [-0.39, 0.29) is 0 Å². The van der Waals surface area contributed by atoms with Crippen LogP contribution in [0.5, 0.6) is 5.75 Å². The number of halogens is 1. The Balaban J connectivity index is 1.76. The van der Waals surface area contributed by atoms with Crippen LogP contribution in [-0.2, 0) is 4.74 Å². The molecule has 0 saturated carbocycles. The zero-order valence-electron chi connectivity index (χ0n) is 14.7. The summed E-state index contributed by atoms with van der Waals surface area (Å²) in [5.41, 5.74) is 2.26. The van der Waals surface area contributed by atoms with E-state index in [4.69, 9.17) is 21.1 Å². The van der Waals surface area contributed by atoms with Gasteiger partial charge in [-0.2, -0.15) is 4.79 Å². The zero-order valence-corrected chi connectivity index (χ0v) is 15.4. The van der Waals surface area contributed by atoms with Gasteiger partial charge < -0.3 is 9.47 Å². The molecule has 1 aliphatic rings. The fraction of sp³-hybridized carbons (Fsp3) is 0.250. The monoisotopic (exact) mass is 372 g/mol. The standard InChI is InChI=1S/C20H19ClNO4/c1-12-6-4-7-16-18(12)22(20(24)26-19(16)23)8-5-9-25-15-10-13(2)17(21)14(3)11-15/h4,6-7,10-11H,1,5,8-9H2,2-3H3/q+1. The number of cyclic esters (lactones) is 2. The van der Waals surface area contributed by atoms with E-state index in [0.29, 0.717) is 35.7 Å². The zero-order chi connectivity index (χ0) is 18.8. The van der Waals surface area contributed by atoms with Crippen molar-refractivity contribution in [1.82, 2.24) is 4.58 Å². The van der Waals surface area contributed by atoms with E-state index >= 15 is 0 Å². The third-order valence-electron chi connectivity index (χ3n) is 4.21. The van der Waals surface area contributed by atoms with Crippen LogP contribution in [0.2, 0.25) is 5.02 Å². The van der Waals surface area contributed by atoms with Crippen molar-refractivity contribution in [3.63, 3.8) is 0 Å². The molecule has 0 fully saturated rings. The molecule has 1 amide bonds. The summed E-state index contributed by atoms with van der Waals surface area (Å²) in [6.07, 6.45) is -0.116. The van der Waals surface area contributed by atoms with Gasteiger partial charge in [0.2, 0.25) is 5.36 Å². The molecule has 0 aromatic heterocycles. The van der Waals surface area contributed by atoms with Crippen LogP contribution in [0, 0.1) is 13.8 Å². The van der Waals surface area contributed by atoms with E-state index in [1.165, 1.54) is 4.58 Å². The van der Waals surface area contributed by atoms with Crippen LogP contribution in [0.15, 0.2) is 30.3 Å². The first-order valence-electron chi connectivity index (χ1n) is 8.26. The van der Waals surface area contributed by atoms with Gasteiger partial charge in [-0.1, -0.05) is 24.2 Å². The minimum Gasteiger partial charge on any atom is -0.493 e. The number of esters is 1. The molecule has 0 N–H and O–H groups in total. The van der Waals surface area contributed by atoms with Crippen molar-refractivity contribution in [3.05, 3.63) is 62.6 Å².